The average Bonchev–Trinajstić information content (AvgIpc) is 3.64. The SMILES string of the molecule is COc1ccc(C2=NN(C(=O)CSc3n[nH]c(-c4ccc(C)cc4)n3)C(c3ccco3)C2)cc1. The van der Waals surface area contributed by atoms with Gasteiger partial charge in [-0.1, -0.05) is 41.6 Å². The zero-order chi connectivity index (χ0) is 23.5. The number of carbonyl (C=O) groups excluding carboxylic acids is 1. The maximum atomic E-state index is 13.2. The maximum Gasteiger partial charge on any atom is 0.253 e. The first-order valence-electron chi connectivity index (χ1n) is 10.8. The summed E-state index contributed by atoms with van der Waals surface area (Å²) in [6.07, 6.45) is 2.17. The molecule has 0 spiro atoms. The van der Waals surface area contributed by atoms with Crippen LogP contribution >= 0.6 is 11.8 Å². The van der Waals surface area contributed by atoms with Gasteiger partial charge in [0.25, 0.3) is 5.91 Å². The van der Waals surface area contributed by atoms with Crippen LogP contribution in [-0.4, -0.2) is 44.7 Å². The average molecular weight is 474 g/mol. The third-order valence-electron chi connectivity index (χ3n) is 5.58. The Bertz CT molecular complexity index is 1300. The number of nitrogens with zero attached hydrogens (tertiary/aromatic N) is 4. The molecule has 1 amide bonds. The van der Waals surface area contributed by atoms with Gasteiger partial charge in [-0.3, -0.25) is 9.89 Å². The van der Waals surface area contributed by atoms with E-state index in [0.29, 0.717) is 23.2 Å². The van der Waals surface area contributed by atoms with E-state index >= 15 is 0 Å². The van der Waals surface area contributed by atoms with Gasteiger partial charge in [0.1, 0.15) is 17.6 Å². The molecule has 1 aliphatic rings. The molecule has 1 atom stereocenters. The van der Waals surface area contributed by atoms with Gasteiger partial charge >= 0.3 is 0 Å². The summed E-state index contributed by atoms with van der Waals surface area (Å²) in [5.41, 5.74) is 3.89. The third kappa shape index (κ3) is 4.60. The van der Waals surface area contributed by atoms with Crippen molar-refractivity contribution in [2.45, 2.75) is 24.5 Å². The minimum atomic E-state index is -0.296. The van der Waals surface area contributed by atoms with Crippen LogP contribution in [0.15, 0.2) is 81.6 Å². The summed E-state index contributed by atoms with van der Waals surface area (Å²) in [7, 11) is 1.63. The largest absolute Gasteiger partial charge is 0.497 e. The van der Waals surface area contributed by atoms with Crippen LogP contribution in [0.4, 0.5) is 0 Å². The van der Waals surface area contributed by atoms with Crippen LogP contribution in [0.2, 0.25) is 0 Å². The van der Waals surface area contributed by atoms with Gasteiger partial charge in [0, 0.05) is 12.0 Å². The second-order valence-corrected chi connectivity index (χ2v) is 8.81. The molecule has 3 heterocycles. The van der Waals surface area contributed by atoms with E-state index in [4.69, 9.17) is 9.15 Å². The van der Waals surface area contributed by atoms with Gasteiger partial charge in [-0.05, 0) is 48.9 Å². The van der Waals surface area contributed by atoms with E-state index in [2.05, 4.69) is 20.3 Å². The minimum Gasteiger partial charge on any atom is -0.497 e. The summed E-state index contributed by atoms with van der Waals surface area (Å²) >= 11 is 1.27. The van der Waals surface area contributed by atoms with Crippen LogP contribution in [0.25, 0.3) is 11.4 Å². The molecular formula is C25H23N5O3S. The number of rotatable bonds is 7. The van der Waals surface area contributed by atoms with Crippen molar-refractivity contribution in [3.8, 4) is 17.1 Å². The van der Waals surface area contributed by atoms with Crippen molar-refractivity contribution in [3.63, 3.8) is 0 Å². The van der Waals surface area contributed by atoms with E-state index in [1.54, 1.807) is 13.4 Å². The molecule has 0 fully saturated rings. The quantitative estimate of drug-likeness (QED) is 0.386. The third-order valence-corrected chi connectivity index (χ3v) is 6.41. The summed E-state index contributed by atoms with van der Waals surface area (Å²) in [5.74, 6) is 2.15. The molecule has 0 bridgehead atoms. The number of carbonyl (C=O) groups is 1. The number of benzene rings is 2. The van der Waals surface area contributed by atoms with E-state index < -0.39 is 0 Å². The van der Waals surface area contributed by atoms with Gasteiger partial charge in [-0.2, -0.15) is 5.10 Å². The maximum absolute atomic E-state index is 13.2. The first-order valence-corrected chi connectivity index (χ1v) is 11.8. The summed E-state index contributed by atoms with van der Waals surface area (Å²) in [4.78, 5) is 17.7. The molecule has 4 aromatic rings. The number of H-pyrrole nitrogens is 1. The van der Waals surface area contributed by atoms with E-state index in [9.17, 15) is 4.79 Å². The lowest BCUT2D eigenvalue weighted by atomic mass is 10.0. The fraction of sp³-hybridized carbons (Fsp3) is 0.200. The van der Waals surface area contributed by atoms with Crippen molar-refractivity contribution in [2.75, 3.05) is 12.9 Å². The highest BCUT2D eigenvalue weighted by Gasteiger charge is 2.34. The Labute approximate surface area is 201 Å². The number of furan rings is 1. The standard InChI is InChI=1S/C25H23N5O3S/c1-16-5-7-18(8-6-16)24-26-25(28-27-24)34-15-23(31)30-21(22-4-3-13-33-22)14-20(29-30)17-9-11-19(32-2)12-10-17/h3-13,21H,14-15H2,1-2H3,(H,26,27,28). The number of hydrogen-bond acceptors (Lipinski definition) is 7. The Balaban J connectivity index is 1.31. The molecule has 1 aliphatic heterocycles. The summed E-state index contributed by atoms with van der Waals surface area (Å²) in [6, 6.07) is 19.1. The molecule has 1 N–H and O–H groups in total. The smallest absolute Gasteiger partial charge is 0.253 e. The van der Waals surface area contributed by atoms with Crippen LogP contribution in [0.5, 0.6) is 5.75 Å². The van der Waals surface area contributed by atoms with Crippen LogP contribution in [-0.2, 0) is 4.79 Å². The highest BCUT2D eigenvalue weighted by Crippen LogP contribution is 2.34. The van der Waals surface area contributed by atoms with E-state index in [0.717, 1.165) is 22.6 Å². The zero-order valence-electron chi connectivity index (χ0n) is 18.8. The fourth-order valence-corrected chi connectivity index (χ4v) is 4.40. The van der Waals surface area contributed by atoms with Gasteiger partial charge < -0.3 is 9.15 Å². The van der Waals surface area contributed by atoms with Gasteiger partial charge in [-0.25, -0.2) is 9.99 Å². The molecule has 2 aromatic heterocycles. The molecule has 2 aromatic carbocycles. The predicted octanol–water partition coefficient (Wildman–Crippen LogP) is 4.85. The molecule has 9 heteroatoms. The lowest BCUT2D eigenvalue weighted by molar-refractivity contribution is -0.130. The number of ether oxygens (including phenoxy) is 1. The number of thioether (sulfide) groups is 1. The minimum absolute atomic E-state index is 0.142. The highest BCUT2D eigenvalue weighted by atomic mass is 32.2. The summed E-state index contributed by atoms with van der Waals surface area (Å²) in [6.45, 7) is 2.04. The Morgan fingerprint density at radius 2 is 1.91 bits per heavy atom. The predicted molar refractivity (Wildman–Crippen MR) is 130 cm³/mol. The van der Waals surface area contributed by atoms with Gasteiger partial charge in [0.05, 0.1) is 24.8 Å². The highest BCUT2D eigenvalue weighted by molar-refractivity contribution is 7.99. The van der Waals surface area contributed by atoms with Gasteiger partial charge in [0.2, 0.25) is 5.16 Å². The Hall–Kier alpha value is -3.85. The zero-order valence-corrected chi connectivity index (χ0v) is 19.6. The monoisotopic (exact) mass is 473 g/mol. The Kier molecular flexibility index (Phi) is 6.18. The van der Waals surface area contributed by atoms with Crippen LogP contribution < -0.4 is 4.74 Å². The molecule has 5 rings (SSSR count). The number of nitrogens with one attached hydrogen (secondary N) is 1. The number of amides is 1. The molecule has 0 radical (unpaired) electrons. The van der Waals surface area contributed by atoms with Crippen LogP contribution in [0.3, 0.4) is 0 Å². The van der Waals surface area contributed by atoms with Crippen molar-refractivity contribution in [2.24, 2.45) is 5.10 Å². The lowest BCUT2D eigenvalue weighted by Gasteiger charge is -2.19. The van der Waals surface area contributed by atoms with Gasteiger partial charge in [-0.15, -0.1) is 5.10 Å². The molecule has 34 heavy (non-hydrogen) atoms. The first kappa shape index (κ1) is 22.0. The second kappa shape index (κ2) is 9.56. The van der Waals surface area contributed by atoms with E-state index in [1.165, 1.54) is 22.3 Å². The van der Waals surface area contributed by atoms with E-state index in [1.807, 2.05) is 67.6 Å². The lowest BCUT2D eigenvalue weighted by Crippen LogP contribution is -2.28. The fourth-order valence-electron chi connectivity index (χ4n) is 3.74. The number of hydrazone groups is 1. The molecule has 172 valence electrons. The van der Waals surface area contributed by atoms with Crippen molar-refractivity contribution in [3.05, 3.63) is 83.8 Å². The van der Waals surface area contributed by atoms with Crippen LogP contribution in [0.1, 0.15) is 29.3 Å². The topological polar surface area (TPSA) is 96.6 Å². The first-order chi connectivity index (χ1) is 16.6. The Morgan fingerprint density at radius 1 is 1.15 bits per heavy atom. The van der Waals surface area contributed by atoms with E-state index in [-0.39, 0.29) is 17.7 Å². The number of methoxy groups -OCH3 is 1. The molecule has 8 nitrogen and oxygen atoms in total. The number of aromatic amines is 1. The Morgan fingerprint density at radius 3 is 2.62 bits per heavy atom. The number of aromatic nitrogens is 3. The van der Waals surface area contributed by atoms with Crippen molar-refractivity contribution in [1.29, 1.82) is 0 Å². The van der Waals surface area contributed by atoms with Crippen molar-refractivity contribution in [1.82, 2.24) is 20.2 Å². The molecular weight excluding hydrogens is 450 g/mol. The van der Waals surface area contributed by atoms with Gasteiger partial charge in [0.15, 0.2) is 5.82 Å². The molecule has 0 saturated heterocycles. The van der Waals surface area contributed by atoms with Crippen molar-refractivity contribution < 1.29 is 13.9 Å². The van der Waals surface area contributed by atoms with Crippen molar-refractivity contribution >= 4 is 23.4 Å². The number of hydrogen-bond donors (Lipinski definition) is 1. The summed E-state index contributed by atoms with van der Waals surface area (Å²) < 4.78 is 10.9. The summed E-state index contributed by atoms with van der Waals surface area (Å²) in [5, 5.41) is 13.9. The second-order valence-electron chi connectivity index (χ2n) is 7.87. The molecule has 0 saturated carbocycles. The molecule has 1 unspecified atom stereocenters. The number of aryl methyl sites for hydroxylation is 1. The molecule has 0 aliphatic carbocycles. The van der Waals surface area contributed by atoms with Crippen LogP contribution in [0, 0.1) is 6.92 Å². The normalized spacial score (nSPS) is 15.4.